The van der Waals surface area contributed by atoms with Gasteiger partial charge in [0.15, 0.2) is 0 Å². The molecule has 0 unspecified atom stereocenters. The fraction of sp³-hybridized carbons (Fsp3) is 0.909. The smallest absolute Gasteiger partial charge is 0.0386 e. The molecule has 1 aliphatic rings. The second-order valence-corrected chi connectivity index (χ2v) is 4.25. The molecule has 1 radical (unpaired) electrons. The van der Waals surface area contributed by atoms with Crippen molar-refractivity contribution in [2.45, 2.75) is 46.5 Å². The van der Waals surface area contributed by atoms with Gasteiger partial charge in [-0.25, -0.2) is 0 Å². The molecule has 0 aromatic heterocycles. The molecule has 0 amide bonds. The van der Waals surface area contributed by atoms with E-state index < -0.39 is 0 Å². The Morgan fingerprint density at radius 2 is 1.64 bits per heavy atom. The third kappa shape index (κ3) is 2.50. The maximum absolute atomic E-state index is 2.39. The monoisotopic (exact) mass is 153 g/mol. The average molecular weight is 153 g/mol. The van der Waals surface area contributed by atoms with E-state index in [0.29, 0.717) is 0 Å². The van der Waals surface area contributed by atoms with E-state index in [1.165, 1.54) is 25.7 Å². The van der Waals surface area contributed by atoms with Gasteiger partial charge in [-0.1, -0.05) is 20.8 Å². The van der Waals surface area contributed by atoms with Crippen LogP contribution in [0, 0.1) is 24.2 Å². The molecule has 0 bridgehead atoms. The van der Waals surface area contributed by atoms with Crippen molar-refractivity contribution in [1.29, 1.82) is 0 Å². The van der Waals surface area contributed by atoms with Crippen LogP contribution in [0.4, 0.5) is 0 Å². The highest BCUT2D eigenvalue weighted by Crippen LogP contribution is 2.33. The number of rotatable bonds is 2. The third-order valence-electron chi connectivity index (χ3n) is 3.23. The summed E-state index contributed by atoms with van der Waals surface area (Å²) in [5.41, 5.74) is 0. The minimum Gasteiger partial charge on any atom is -0.0625 e. The lowest BCUT2D eigenvalue weighted by Gasteiger charge is -2.30. The number of hydrogen-bond donors (Lipinski definition) is 0. The normalized spacial score (nSPS) is 32.7. The molecule has 0 N–H and O–H groups in total. The van der Waals surface area contributed by atoms with Gasteiger partial charge in [-0.3, -0.25) is 0 Å². The van der Waals surface area contributed by atoms with Gasteiger partial charge in [0.1, 0.15) is 0 Å². The van der Waals surface area contributed by atoms with E-state index in [9.17, 15) is 0 Å². The van der Waals surface area contributed by atoms with Gasteiger partial charge in [0.05, 0.1) is 0 Å². The minimum absolute atomic E-state index is 0.910. The van der Waals surface area contributed by atoms with Crippen molar-refractivity contribution < 1.29 is 0 Å². The lowest BCUT2D eigenvalue weighted by molar-refractivity contribution is 0.240. The van der Waals surface area contributed by atoms with Gasteiger partial charge in [0, 0.05) is 0 Å². The summed E-state index contributed by atoms with van der Waals surface area (Å²) >= 11 is 0. The lowest BCUT2D eigenvalue weighted by atomic mass is 9.76. The van der Waals surface area contributed by atoms with Crippen molar-refractivity contribution in [1.82, 2.24) is 0 Å². The molecule has 0 aromatic rings. The van der Waals surface area contributed by atoms with Crippen LogP contribution in [0.25, 0.3) is 0 Å². The molecule has 0 heterocycles. The zero-order valence-electron chi connectivity index (χ0n) is 8.14. The first kappa shape index (κ1) is 9.09. The molecule has 0 aromatic carbocycles. The highest BCUT2D eigenvalue weighted by molar-refractivity contribution is 4.80. The van der Waals surface area contributed by atoms with Crippen LogP contribution in [0.15, 0.2) is 0 Å². The van der Waals surface area contributed by atoms with Crippen molar-refractivity contribution in [3.63, 3.8) is 0 Å². The zero-order chi connectivity index (χ0) is 8.27. The van der Waals surface area contributed by atoms with Gasteiger partial charge in [0.2, 0.25) is 0 Å². The van der Waals surface area contributed by atoms with Crippen LogP contribution in [0.2, 0.25) is 0 Å². The molecule has 11 heavy (non-hydrogen) atoms. The summed E-state index contributed by atoms with van der Waals surface area (Å²) in [6, 6.07) is 0. The topological polar surface area (TPSA) is 0 Å². The molecule has 1 saturated carbocycles. The maximum Gasteiger partial charge on any atom is -0.0386 e. The molecule has 0 atom stereocenters. The fourth-order valence-electron chi connectivity index (χ4n) is 2.14. The van der Waals surface area contributed by atoms with E-state index in [0.717, 1.165) is 17.8 Å². The van der Waals surface area contributed by atoms with E-state index in [-0.39, 0.29) is 0 Å². The van der Waals surface area contributed by atoms with Crippen LogP contribution in [0.5, 0.6) is 0 Å². The summed E-state index contributed by atoms with van der Waals surface area (Å²) in [5.74, 6) is 2.86. The van der Waals surface area contributed by atoms with Crippen molar-refractivity contribution in [3.8, 4) is 0 Å². The Balaban J connectivity index is 2.24. The first-order chi connectivity index (χ1) is 5.24. The minimum atomic E-state index is 0.910. The molecule has 1 rings (SSSR count). The Kier molecular flexibility index (Phi) is 3.42. The van der Waals surface area contributed by atoms with Crippen LogP contribution in [-0.4, -0.2) is 0 Å². The summed E-state index contributed by atoms with van der Waals surface area (Å²) < 4.78 is 0. The molecule has 0 aliphatic heterocycles. The second kappa shape index (κ2) is 4.13. The Morgan fingerprint density at radius 3 is 2.00 bits per heavy atom. The predicted octanol–water partition coefficient (Wildman–Crippen LogP) is 3.67. The molecular formula is C11H21. The van der Waals surface area contributed by atoms with Gasteiger partial charge in [-0.15, -0.1) is 0 Å². The average Bonchev–Trinajstić information content (AvgIpc) is 2.05. The van der Waals surface area contributed by atoms with Gasteiger partial charge >= 0.3 is 0 Å². The summed E-state index contributed by atoms with van der Waals surface area (Å²) in [6.45, 7) is 6.93. The Labute approximate surface area is 71.4 Å². The highest BCUT2D eigenvalue weighted by atomic mass is 14.3. The molecular weight excluding hydrogens is 132 g/mol. The van der Waals surface area contributed by atoms with Gasteiger partial charge in [-0.2, -0.15) is 0 Å². The number of hydrogen-bond acceptors (Lipinski definition) is 0. The fourth-order valence-corrected chi connectivity index (χ4v) is 2.14. The molecule has 1 fully saturated rings. The SMILES string of the molecule is C[CH]C1CCC(C(C)C)CC1. The van der Waals surface area contributed by atoms with E-state index in [1.54, 1.807) is 0 Å². The summed E-state index contributed by atoms with van der Waals surface area (Å²) in [5, 5.41) is 0. The Bertz CT molecular complexity index is 96.6. The van der Waals surface area contributed by atoms with Crippen LogP contribution in [-0.2, 0) is 0 Å². The van der Waals surface area contributed by atoms with Gasteiger partial charge in [-0.05, 0) is 49.9 Å². The van der Waals surface area contributed by atoms with Crippen LogP contribution in [0.1, 0.15) is 46.5 Å². The van der Waals surface area contributed by atoms with E-state index in [2.05, 4.69) is 27.2 Å². The largest absolute Gasteiger partial charge is 0.0625 e. The van der Waals surface area contributed by atoms with Gasteiger partial charge in [0.25, 0.3) is 0 Å². The Hall–Kier alpha value is 0. The van der Waals surface area contributed by atoms with E-state index >= 15 is 0 Å². The predicted molar refractivity (Wildman–Crippen MR) is 50.3 cm³/mol. The lowest BCUT2D eigenvalue weighted by Crippen LogP contribution is -2.18. The van der Waals surface area contributed by atoms with Crippen LogP contribution < -0.4 is 0 Å². The first-order valence-electron chi connectivity index (χ1n) is 5.03. The zero-order valence-corrected chi connectivity index (χ0v) is 8.14. The molecule has 65 valence electrons. The maximum atomic E-state index is 2.39. The van der Waals surface area contributed by atoms with Crippen molar-refractivity contribution in [2.75, 3.05) is 0 Å². The van der Waals surface area contributed by atoms with Crippen molar-refractivity contribution >= 4 is 0 Å². The highest BCUT2D eigenvalue weighted by Gasteiger charge is 2.21. The standard InChI is InChI=1S/C11H21/c1-4-10-5-7-11(8-6-10)9(2)3/h4,9-11H,5-8H2,1-3H3. The molecule has 0 saturated heterocycles. The van der Waals surface area contributed by atoms with Crippen molar-refractivity contribution in [2.24, 2.45) is 17.8 Å². The van der Waals surface area contributed by atoms with Crippen LogP contribution in [0.3, 0.4) is 0 Å². The summed E-state index contributed by atoms with van der Waals surface area (Å²) in [4.78, 5) is 0. The van der Waals surface area contributed by atoms with Crippen molar-refractivity contribution in [3.05, 3.63) is 6.42 Å². The Morgan fingerprint density at radius 1 is 1.09 bits per heavy atom. The van der Waals surface area contributed by atoms with E-state index in [1.807, 2.05) is 0 Å². The summed E-state index contributed by atoms with van der Waals surface area (Å²) in [7, 11) is 0. The quantitative estimate of drug-likeness (QED) is 0.568. The second-order valence-electron chi connectivity index (χ2n) is 4.25. The first-order valence-corrected chi connectivity index (χ1v) is 5.03. The molecule has 0 spiro atoms. The van der Waals surface area contributed by atoms with E-state index in [4.69, 9.17) is 0 Å². The summed E-state index contributed by atoms with van der Waals surface area (Å²) in [6.07, 6.45) is 8.20. The van der Waals surface area contributed by atoms with Gasteiger partial charge < -0.3 is 0 Å². The molecule has 0 nitrogen and oxygen atoms in total. The molecule has 0 heteroatoms. The van der Waals surface area contributed by atoms with Crippen LogP contribution >= 0.6 is 0 Å². The third-order valence-corrected chi connectivity index (χ3v) is 3.23. The molecule has 1 aliphatic carbocycles.